The number of carbonyl (C=O) groups excluding carboxylic acids is 1. The lowest BCUT2D eigenvalue weighted by molar-refractivity contribution is 0.102. The largest absolute Gasteiger partial charge is 0.398 e. The Labute approximate surface area is 98.7 Å². The Morgan fingerprint density at radius 3 is 2.71 bits per heavy atom. The molecule has 1 aromatic heterocycles. The van der Waals surface area contributed by atoms with Crippen LogP contribution in [0.1, 0.15) is 15.9 Å². The Morgan fingerprint density at radius 2 is 2.00 bits per heavy atom. The number of aromatic nitrogens is 2. The molecule has 5 nitrogen and oxygen atoms in total. The van der Waals surface area contributed by atoms with Gasteiger partial charge in [-0.1, -0.05) is 11.6 Å². The van der Waals surface area contributed by atoms with Crippen LogP contribution in [0.25, 0.3) is 0 Å². The molecule has 0 saturated carbocycles. The third kappa shape index (κ3) is 2.57. The van der Waals surface area contributed by atoms with Crippen molar-refractivity contribution < 1.29 is 4.79 Å². The van der Waals surface area contributed by atoms with E-state index in [1.165, 1.54) is 18.7 Å². The Hall–Kier alpha value is -2.43. The molecule has 0 bridgehead atoms. The molecule has 0 atom stereocenters. The summed E-state index contributed by atoms with van der Waals surface area (Å²) >= 11 is 0. The van der Waals surface area contributed by atoms with Gasteiger partial charge in [-0.3, -0.25) is 4.79 Å². The van der Waals surface area contributed by atoms with Crippen molar-refractivity contribution in [2.75, 3.05) is 11.1 Å². The SMILES string of the molecule is Cc1ccc(N)c(C(=O)Nc2cncnc2)c1. The van der Waals surface area contributed by atoms with Crippen molar-refractivity contribution >= 4 is 17.3 Å². The van der Waals surface area contributed by atoms with E-state index in [1.807, 2.05) is 13.0 Å². The molecule has 0 aliphatic carbocycles. The van der Waals surface area contributed by atoms with Gasteiger partial charge >= 0.3 is 0 Å². The number of nitrogens with zero attached hydrogens (tertiary/aromatic N) is 2. The van der Waals surface area contributed by atoms with Gasteiger partial charge in [-0.2, -0.15) is 0 Å². The molecule has 1 aromatic carbocycles. The van der Waals surface area contributed by atoms with Gasteiger partial charge in [0.2, 0.25) is 0 Å². The minimum Gasteiger partial charge on any atom is -0.398 e. The average molecular weight is 228 g/mol. The average Bonchev–Trinajstić information content (AvgIpc) is 2.33. The van der Waals surface area contributed by atoms with Crippen molar-refractivity contribution in [1.29, 1.82) is 0 Å². The molecule has 0 saturated heterocycles. The van der Waals surface area contributed by atoms with Crippen LogP contribution in [0.3, 0.4) is 0 Å². The molecule has 86 valence electrons. The lowest BCUT2D eigenvalue weighted by Crippen LogP contribution is -2.14. The zero-order chi connectivity index (χ0) is 12.3. The van der Waals surface area contributed by atoms with E-state index < -0.39 is 0 Å². The Morgan fingerprint density at radius 1 is 1.29 bits per heavy atom. The number of rotatable bonds is 2. The van der Waals surface area contributed by atoms with Crippen LogP contribution in [-0.2, 0) is 0 Å². The van der Waals surface area contributed by atoms with E-state index in [0.717, 1.165) is 5.56 Å². The van der Waals surface area contributed by atoms with Crippen LogP contribution in [-0.4, -0.2) is 15.9 Å². The van der Waals surface area contributed by atoms with Crippen molar-refractivity contribution in [2.24, 2.45) is 0 Å². The molecule has 0 fully saturated rings. The van der Waals surface area contributed by atoms with Crippen LogP contribution in [0.2, 0.25) is 0 Å². The van der Waals surface area contributed by atoms with E-state index in [-0.39, 0.29) is 5.91 Å². The first-order valence-corrected chi connectivity index (χ1v) is 5.09. The first kappa shape index (κ1) is 11.1. The maximum Gasteiger partial charge on any atom is 0.257 e. The molecule has 0 radical (unpaired) electrons. The van der Waals surface area contributed by atoms with Crippen molar-refractivity contribution in [3.05, 3.63) is 48.0 Å². The summed E-state index contributed by atoms with van der Waals surface area (Å²) in [6.45, 7) is 1.90. The van der Waals surface area contributed by atoms with E-state index in [0.29, 0.717) is 16.9 Å². The molecule has 1 amide bonds. The van der Waals surface area contributed by atoms with Crippen molar-refractivity contribution in [3.8, 4) is 0 Å². The van der Waals surface area contributed by atoms with Crippen molar-refractivity contribution in [2.45, 2.75) is 6.92 Å². The predicted molar refractivity (Wildman–Crippen MR) is 65.6 cm³/mol. The van der Waals surface area contributed by atoms with E-state index in [4.69, 9.17) is 5.73 Å². The molecule has 0 spiro atoms. The van der Waals surface area contributed by atoms with Gasteiger partial charge in [-0.15, -0.1) is 0 Å². The molecular formula is C12H12N4O. The zero-order valence-corrected chi connectivity index (χ0v) is 9.34. The van der Waals surface area contributed by atoms with Gasteiger partial charge in [0.05, 0.1) is 23.6 Å². The van der Waals surface area contributed by atoms with Gasteiger partial charge in [0, 0.05) is 5.69 Å². The fraction of sp³-hybridized carbons (Fsp3) is 0.0833. The highest BCUT2D eigenvalue weighted by Gasteiger charge is 2.10. The van der Waals surface area contributed by atoms with Gasteiger partial charge < -0.3 is 11.1 Å². The number of nitrogens with one attached hydrogen (secondary N) is 1. The molecule has 0 unspecified atom stereocenters. The van der Waals surface area contributed by atoms with Crippen LogP contribution in [0.15, 0.2) is 36.9 Å². The monoisotopic (exact) mass is 228 g/mol. The summed E-state index contributed by atoms with van der Waals surface area (Å²) in [4.78, 5) is 19.6. The summed E-state index contributed by atoms with van der Waals surface area (Å²) < 4.78 is 0. The van der Waals surface area contributed by atoms with E-state index in [1.54, 1.807) is 12.1 Å². The molecule has 0 aliphatic rings. The molecule has 0 aliphatic heterocycles. The maximum atomic E-state index is 11.9. The third-order valence-corrected chi connectivity index (χ3v) is 2.27. The third-order valence-electron chi connectivity index (χ3n) is 2.27. The van der Waals surface area contributed by atoms with Gasteiger partial charge in [-0.25, -0.2) is 9.97 Å². The number of aryl methyl sites for hydroxylation is 1. The molecule has 17 heavy (non-hydrogen) atoms. The quantitative estimate of drug-likeness (QED) is 0.765. The van der Waals surface area contributed by atoms with Crippen LogP contribution in [0.5, 0.6) is 0 Å². The minimum absolute atomic E-state index is 0.263. The number of carbonyl (C=O) groups is 1. The molecule has 5 heteroatoms. The van der Waals surface area contributed by atoms with Crippen LogP contribution in [0.4, 0.5) is 11.4 Å². The van der Waals surface area contributed by atoms with E-state index >= 15 is 0 Å². The summed E-state index contributed by atoms with van der Waals surface area (Å²) in [6, 6.07) is 5.32. The molecule has 2 rings (SSSR count). The summed E-state index contributed by atoms with van der Waals surface area (Å²) in [5.74, 6) is -0.263. The Kier molecular flexibility index (Phi) is 3.00. The summed E-state index contributed by atoms with van der Waals surface area (Å²) in [7, 11) is 0. The number of anilines is 2. The Balaban J connectivity index is 2.23. The van der Waals surface area contributed by atoms with Crippen LogP contribution >= 0.6 is 0 Å². The standard InChI is InChI=1S/C12H12N4O/c1-8-2-3-11(13)10(4-8)12(17)16-9-5-14-7-15-6-9/h2-7H,13H2,1H3,(H,16,17). The van der Waals surface area contributed by atoms with Crippen molar-refractivity contribution in [3.63, 3.8) is 0 Å². The lowest BCUT2D eigenvalue weighted by atomic mass is 10.1. The fourth-order valence-corrected chi connectivity index (χ4v) is 1.43. The van der Waals surface area contributed by atoms with E-state index in [9.17, 15) is 4.79 Å². The smallest absolute Gasteiger partial charge is 0.257 e. The Bertz CT molecular complexity index is 539. The second kappa shape index (κ2) is 4.61. The van der Waals surface area contributed by atoms with Crippen LogP contribution < -0.4 is 11.1 Å². The van der Waals surface area contributed by atoms with Gasteiger partial charge in [0.15, 0.2) is 0 Å². The van der Waals surface area contributed by atoms with Gasteiger partial charge in [0.1, 0.15) is 6.33 Å². The highest BCUT2D eigenvalue weighted by atomic mass is 16.1. The fourth-order valence-electron chi connectivity index (χ4n) is 1.43. The zero-order valence-electron chi connectivity index (χ0n) is 9.34. The topological polar surface area (TPSA) is 80.9 Å². The molecule has 2 aromatic rings. The lowest BCUT2D eigenvalue weighted by Gasteiger charge is -2.07. The number of amides is 1. The normalized spacial score (nSPS) is 9.94. The number of nitrogens with two attached hydrogens (primary N) is 1. The van der Waals surface area contributed by atoms with Gasteiger partial charge in [0.25, 0.3) is 5.91 Å². The first-order valence-electron chi connectivity index (χ1n) is 5.09. The summed E-state index contributed by atoms with van der Waals surface area (Å²) in [5, 5.41) is 2.68. The first-order chi connectivity index (χ1) is 8.16. The molecule has 1 heterocycles. The molecule has 3 N–H and O–H groups in total. The number of hydrogen-bond acceptors (Lipinski definition) is 4. The molecular weight excluding hydrogens is 216 g/mol. The summed E-state index contributed by atoms with van der Waals surface area (Å²) in [5.41, 5.74) is 8.17. The second-order valence-corrected chi connectivity index (χ2v) is 3.67. The summed E-state index contributed by atoms with van der Waals surface area (Å²) in [6.07, 6.45) is 4.45. The maximum absolute atomic E-state index is 11.9. The minimum atomic E-state index is -0.263. The van der Waals surface area contributed by atoms with E-state index in [2.05, 4.69) is 15.3 Å². The second-order valence-electron chi connectivity index (χ2n) is 3.67. The van der Waals surface area contributed by atoms with Crippen molar-refractivity contribution in [1.82, 2.24) is 9.97 Å². The number of hydrogen-bond donors (Lipinski definition) is 2. The predicted octanol–water partition coefficient (Wildman–Crippen LogP) is 1.62. The van der Waals surface area contributed by atoms with Crippen LogP contribution in [0, 0.1) is 6.92 Å². The number of benzene rings is 1. The van der Waals surface area contributed by atoms with Gasteiger partial charge in [-0.05, 0) is 19.1 Å². The highest BCUT2D eigenvalue weighted by Crippen LogP contribution is 2.15. The highest BCUT2D eigenvalue weighted by molar-refractivity contribution is 6.07. The number of nitrogen functional groups attached to an aromatic ring is 1.